The van der Waals surface area contributed by atoms with Crippen LogP contribution < -0.4 is 10.6 Å². The molecule has 0 aliphatic heterocycles. The highest BCUT2D eigenvalue weighted by Gasteiger charge is 2.09. The summed E-state index contributed by atoms with van der Waals surface area (Å²) in [7, 11) is 0. The van der Waals surface area contributed by atoms with Crippen LogP contribution in [-0.4, -0.2) is 16.8 Å². The number of anilines is 1. The smallest absolute Gasteiger partial charge is 0.226 e. The number of hydrogen-bond donors (Lipinski definition) is 2. The highest BCUT2D eigenvalue weighted by atomic mass is 32.1. The number of carbonyl (C=O) groups excluding carboxylic acids is 2. The SMILES string of the molecule is CC(=O)Nc1nc(CC(=O)NCc2ccccc2F)cs1. The number of benzene rings is 1. The Morgan fingerprint density at radius 1 is 1.33 bits per heavy atom. The predicted octanol–water partition coefficient (Wildman–Crippen LogP) is 2.10. The fourth-order valence-corrected chi connectivity index (χ4v) is 2.42. The number of nitrogens with zero attached hydrogens (tertiary/aromatic N) is 1. The van der Waals surface area contributed by atoms with E-state index in [1.807, 2.05) is 0 Å². The predicted molar refractivity (Wildman–Crippen MR) is 78.4 cm³/mol. The summed E-state index contributed by atoms with van der Waals surface area (Å²) in [6.07, 6.45) is 0.0878. The summed E-state index contributed by atoms with van der Waals surface area (Å²) < 4.78 is 13.4. The lowest BCUT2D eigenvalue weighted by Gasteiger charge is -2.05. The second-order valence-corrected chi connectivity index (χ2v) is 5.23. The van der Waals surface area contributed by atoms with Crippen LogP contribution in [0.15, 0.2) is 29.6 Å². The average Bonchev–Trinajstić information content (AvgIpc) is 2.84. The van der Waals surface area contributed by atoms with E-state index in [0.717, 1.165) is 0 Å². The van der Waals surface area contributed by atoms with Crippen LogP contribution in [0.2, 0.25) is 0 Å². The summed E-state index contributed by atoms with van der Waals surface area (Å²) in [5, 5.41) is 7.35. The molecule has 0 spiro atoms. The van der Waals surface area contributed by atoms with Gasteiger partial charge in [-0.3, -0.25) is 9.59 Å². The van der Waals surface area contributed by atoms with Gasteiger partial charge in [0, 0.05) is 24.4 Å². The zero-order chi connectivity index (χ0) is 15.2. The van der Waals surface area contributed by atoms with Crippen molar-refractivity contribution in [2.45, 2.75) is 19.9 Å². The minimum atomic E-state index is -0.348. The molecule has 2 rings (SSSR count). The number of rotatable bonds is 5. The van der Waals surface area contributed by atoms with E-state index in [0.29, 0.717) is 16.4 Å². The molecule has 0 atom stereocenters. The second kappa shape index (κ2) is 6.94. The average molecular weight is 307 g/mol. The minimum absolute atomic E-state index is 0.0878. The van der Waals surface area contributed by atoms with Crippen LogP contribution in [0.3, 0.4) is 0 Å². The van der Waals surface area contributed by atoms with Gasteiger partial charge in [0.2, 0.25) is 11.8 Å². The highest BCUT2D eigenvalue weighted by molar-refractivity contribution is 7.13. The molecule has 1 aromatic carbocycles. The first-order valence-electron chi connectivity index (χ1n) is 6.26. The third-order valence-corrected chi connectivity index (χ3v) is 3.42. The highest BCUT2D eigenvalue weighted by Crippen LogP contribution is 2.15. The molecule has 21 heavy (non-hydrogen) atoms. The number of thiazole rings is 1. The Balaban J connectivity index is 1.86. The normalized spacial score (nSPS) is 10.2. The van der Waals surface area contributed by atoms with E-state index in [1.54, 1.807) is 23.6 Å². The molecule has 0 saturated carbocycles. The quantitative estimate of drug-likeness (QED) is 0.888. The van der Waals surface area contributed by atoms with Crippen molar-refractivity contribution in [3.63, 3.8) is 0 Å². The summed E-state index contributed by atoms with van der Waals surface area (Å²) >= 11 is 1.25. The van der Waals surface area contributed by atoms with Crippen LogP contribution >= 0.6 is 11.3 Å². The lowest BCUT2D eigenvalue weighted by molar-refractivity contribution is -0.120. The molecule has 2 aromatic rings. The van der Waals surface area contributed by atoms with Gasteiger partial charge in [0.15, 0.2) is 5.13 Å². The largest absolute Gasteiger partial charge is 0.352 e. The number of halogens is 1. The standard InChI is InChI=1S/C14H14FN3O2S/c1-9(19)17-14-18-11(8-21-14)6-13(20)16-7-10-4-2-3-5-12(10)15/h2-5,8H,6-7H2,1H3,(H,16,20)(H,17,18,19). The third-order valence-electron chi connectivity index (χ3n) is 2.61. The first-order chi connectivity index (χ1) is 10.0. The Bertz CT molecular complexity index is 657. The molecule has 0 unspecified atom stereocenters. The maximum atomic E-state index is 13.4. The summed E-state index contributed by atoms with van der Waals surface area (Å²) in [6, 6.07) is 6.28. The molecule has 1 aromatic heterocycles. The number of amides is 2. The zero-order valence-electron chi connectivity index (χ0n) is 11.4. The lowest BCUT2D eigenvalue weighted by Crippen LogP contribution is -2.25. The summed E-state index contributed by atoms with van der Waals surface area (Å²) in [5.41, 5.74) is 0.998. The Morgan fingerprint density at radius 3 is 2.81 bits per heavy atom. The molecular weight excluding hydrogens is 293 g/mol. The topological polar surface area (TPSA) is 71.1 Å². The van der Waals surface area contributed by atoms with Crippen molar-refractivity contribution >= 4 is 28.3 Å². The summed E-state index contributed by atoms with van der Waals surface area (Å²) in [4.78, 5) is 26.8. The van der Waals surface area contributed by atoms with E-state index in [9.17, 15) is 14.0 Å². The third kappa shape index (κ3) is 4.64. The number of aromatic nitrogens is 1. The Hall–Kier alpha value is -2.28. The van der Waals surface area contributed by atoms with Crippen molar-refractivity contribution in [3.05, 3.63) is 46.7 Å². The van der Waals surface area contributed by atoms with Gasteiger partial charge in [0.25, 0.3) is 0 Å². The molecule has 0 aliphatic rings. The number of nitrogens with one attached hydrogen (secondary N) is 2. The molecule has 2 N–H and O–H groups in total. The van der Waals surface area contributed by atoms with Gasteiger partial charge < -0.3 is 10.6 Å². The van der Waals surface area contributed by atoms with Crippen LogP contribution in [0.5, 0.6) is 0 Å². The Labute approximate surface area is 125 Å². The Morgan fingerprint density at radius 2 is 2.10 bits per heavy atom. The fraction of sp³-hybridized carbons (Fsp3) is 0.214. The zero-order valence-corrected chi connectivity index (χ0v) is 12.2. The maximum Gasteiger partial charge on any atom is 0.226 e. The van der Waals surface area contributed by atoms with Gasteiger partial charge in [-0.15, -0.1) is 11.3 Å². The van der Waals surface area contributed by atoms with Crippen molar-refractivity contribution < 1.29 is 14.0 Å². The van der Waals surface area contributed by atoms with Gasteiger partial charge >= 0.3 is 0 Å². The molecule has 0 saturated heterocycles. The van der Waals surface area contributed by atoms with Crippen LogP contribution in [0.4, 0.5) is 9.52 Å². The van der Waals surface area contributed by atoms with Gasteiger partial charge in [-0.25, -0.2) is 9.37 Å². The van der Waals surface area contributed by atoms with Gasteiger partial charge in [-0.05, 0) is 6.07 Å². The van der Waals surface area contributed by atoms with E-state index < -0.39 is 0 Å². The maximum absolute atomic E-state index is 13.4. The van der Waals surface area contributed by atoms with Crippen LogP contribution in [0, 0.1) is 5.82 Å². The van der Waals surface area contributed by atoms with E-state index in [4.69, 9.17) is 0 Å². The van der Waals surface area contributed by atoms with Crippen molar-refractivity contribution in [1.82, 2.24) is 10.3 Å². The second-order valence-electron chi connectivity index (χ2n) is 4.37. The minimum Gasteiger partial charge on any atom is -0.352 e. The molecule has 2 amide bonds. The Kier molecular flexibility index (Phi) is 4.99. The van der Waals surface area contributed by atoms with Crippen molar-refractivity contribution in [2.24, 2.45) is 0 Å². The number of carbonyl (C=O) groups is 2. The molecule has 0 bridgehead atoms. The molecule has 1 heterocycles. The number of hydrogen-bond acceptors (Lipinski definition) is 4. The van der Waals surface area contributed by atoms with Crippen LogP contribution in [0.25, 0.3) is 0 Å². The molecule has 0 fully saturated rings. The molecule has 110 valence electrons. The summed E-state index contributed by atoms with van der Waals surface area (Å²) in [5.74, 6) is -0.808. The molecule has 0 radical (unpaired) electrons. The molecule has 7 heteroatoms. The van der Waals surface area contributed by atoms with Gasteiger partial charge in [-0.2, -0.15) is 0 Å². The van der Waals surface area contributed by atoms with E-state index in [2.05, 4.69) is 15.6 Å². The van der Waals surface area contributed by atoms with E-state index in [1.165, 1.54) is 24.3 Å². The van der Waals surface area contributed by atoms with Gasteiger partial charge in [0.05, 0.1) is 12.1 Å². The first kappa shape index (κ1) is 15.1. The van der Waals surface area contributed by atoms with Gasteiger partial charge in [0.1, 0.15) is 5.82 Å². The first-order valence-corrected chi connectivity index (χ1v) is 7.14. The molecule has 5 nitrogen and oxygen atoms in total. The van der Waals surface area contributed by atoms with Gasteiger partial charge in [-0.1, -0.05) is 18.2 Å². The van der Waals surface area contributed by atoms with Crippen molar-refractivity contribution in [1.29, 1.82) is 0 Å². The lowest BCUT2D eigenvalue weighted by atomic mass is 10.2. The summed E-state index contributed by atoms with van der Waals surface area (Å²) in [6.45, 7) is 1.52. The van der Waals surface area contributed by atoms with Crippen molar-refractivity contribution in [3.8, 4) is 0 Å². The fourth-order valence-electron chi connectivity index (χ4n) is 1.66. The monoisotopic (exact) mass is 307 g/mol. The van der Waals surface area contributed by atoms with Crippen LogP contribution in [-0.2, 0) is 22.6 Å². The van der Waals surface area contributed by atoms with E-state index >= 15 is 0 Å². The van der Waals surface area contributed by atoms with Crippen LogP contribution in [0.1, 0.15) is 18.2 Å². The van der Waals surface area contributed by atoms with E-state index in [-0.39, 0.29) is 30.6 Å². The van der Waals surface area contributed by atoms with Crippen molar-refractivity contribution in [2.75, 3.05) is 5.32 Å². The molecular formula is C14H14FN3O2S. The molecule has 0 aliphatic carbocycles.